The van der Waals surface area contributed by atoms with E-state index in [1.807, 2.05) is 30.1 Å². The normalized spacial score (nSPS) is 16.7. The lowest BCUT2D eigenvalue weighted by Gasteiger charge is -2.38. The third-order valence-corrected chi connectivity index (χ3v) is 5.39. The summed E-state index contributed by atoms with van der Waals surface area (Å²) in [6.45, 7) is 6.67. The molecule has 3 rings (SSSR count). The maximum absolute atomic E-state index is 12.8. The first-order valence-corrected chi connectivity index (χ1v) is 9.02. The van der Waals surface area contributed by atoms with Crippen molar-refractivity contribution in [3.8, 4) is 0 Å². The van der Waals surface area contributed by atoms with Gasteiger partial charge in [-0.1, -0.05) is 42.5 Å². The summed E-state index contributed by atoms with van der Waals surface area (Å²) in [4.78, 5) is 17.3. The van der Waals surface area contributed by atoms with E-state index in [0.29, 0.717) is 18.5 Å². The number of fused-ring (bicyclic) bond motifs is 1. The lowest BCUT2D eigenvalue weighted by molar-refractivity contribution is -0.132. The number of carbonyl (C=O) groups is 1. The monoisotopic (exact) mass is 324 g/mol. The molecule has 2 aromatic rings. The first kappa shape index (κ1) is 17.0. The number of rotatable bonds is 4. The van der Waals surface area contributed by atoms with E-state index in [0.717, 1.165) is 31.5 Å². The molecule has 0 saturated carbocycles. The van der Waals surface area contributed by atoms with E-state index in [-0.39, 0.29) is 5.91 Å². The van der Waals surface area contributed by atoms with Gasteiger partial charge in [-0.15, -0.1) is 0 Å². The molecule has 0 unspecified atom stereocenters. The Labute approximate surface area is 145 Å². The van der Waals surface area contributed by atoms with Crippen LogP contribution in [0.3, 0.4) is 0 Å². The first-order chi connectivity index (χ1) is 11.6. The fraction of sp³-hybridized carbons (Fsp3) is 0.476. The number of likely N-dealkylation sites (N-methyl/N-ethyl adjacent to an activating group) is 1. The van der Waals surface area contributed by atoms with E-state index in [1.165, 1.54) is 10.8 Å². The molecule has 0 atom stereocenters. The van der Waals surface area contributed by atoms with Crippen LogP contribution in [0.2, 0.25) is 0 Å². The summed E-state index contributed by atoms with van der Waals surface area (Å²) >= 11 is 0. The van der Waals surface area contributed by atoms with Gasteiger partial charge in [-0.25, -0.2) is 0 Å². The van der Waals surface area contributed by atoms with Gasteiger partial charge in [0.2, 0.25) is 5.91 Å². The molecule has 24 heavy (non-hydrogen) atoms. The minimum Gasteiger partial charge on any atom is -0.342 e. The Hall–Kier alpha value is -1.87. The number of nitrogens with zero attached hydrogens (tertiary/aromatic N) is 2. The molecule has 1 amide bonds. The van der Waals surface area contributed by atoms with Crippen molar-refractivity contribution in [1.29, 1.82) is 0 Å². The SMILES string of the molecule is CC(C)N1CCC(N(C)C(=O)Cc2cccc3ccccc23)CC1. The number of hydrogen-bond acceptors (Lipinski definition) is 2. The van der Waals surface area contributed by atoms with E-state index < -0.39 is 0 Å². The van der Waals surface area contributed by atoms with Crippen molar-refractivity contribution >= 4 is 16.7 Å². The van der Waals surface area contributed by atoms with Crippen molar-refractivity contribution in [2.24, 2.45) is 0 Å². The highest BCUT2D eigenvalue weighted by Gasteiger charge is 2.26. The number of carbonyl (C=O) groups excluding carboxylic acids is 1. The lowest BCUT2D eigenvalue weighted by Crippen LogP contribution is -2.47. The topological polar surface area (TPSA) is 23.6 Å². The summed E-state index contributed by atoms with van der Waals surface area (Å²) in [5.41, 5.74) is 1.13. The van der Waals surface area contributed by atoms with Gasteiger partial charge in [0.05, 0.1) is 6.42 Å². The highest BCUT2D eigenvalue weighted by molar-refractivity contribution is 5.90. The molecule has 1 fully saturated rings. The molecule has 3 heteroatoms. The molecule has 0 spiro atoms. The lowest BCUT2D eigenvalue weighted by atomic mass is 9.99. The van der Waals surface area contributed by atoms with Crippen molar-refractivity contribution in [2.45, 2.75) is 45.2 Å². The van der Waals surface area contributed by atoms with Crippen molar-refractivity contribution in [1.82, 2.24) is 9.80 Å². The minimum atomic E-state index is 0.231. The predicted octanol–water partition coefficient (Wildman–Crippen LogP) is 3.71. The number of benzene rings is 2. The quantitative estimate of drug-likeness (QED) is 0.856. The molecule has 0 aliphatic carbocycles. The summed E-state index contributed by atoms with van der Waals surface area (Å²) in [6, 6.07) is 15.5. The third-order valence-electron chi connectivity index (χ3n) is 5.39. The van der Waals surface area contributed by atoms with Gasteiger partial charge in [-0.3, -0.25) is 4.79 Å². The van der Waals surface area contributed by atoms with Crippen LogP contribution in [0.5, 0.6) is 0 Å². The fourth-order valence-corrected chi connectivity index (χ4v) is 3.73. The molecule has 2 aromatic carbocycles. The van der Waals surface area contributed by atoms with E-state index in [2.05, 4.69) is 43.0 Å². The van der Waals surface area contributed by atoms with Crippen LogP contribution >= 0.6 is 0 Å². The summed E-state index contributed by atoms with van der Waals surface area (Å²) in [7, 11) is 1.98. The van der Waals surface area contributed by atoms with E-state index in [1.54, 1.807) is 0 Å². The average molecular weight is 324 g/mol. The van der Waals surface area contributed by atoms with Crippen LogP contribution in [0.1, 0.15) is 32.3 Å². The molecule has 0 bridgehead atoms. The Morgan fingerprint density at radius 3 is 2.50 bits per heavy atom. The summed E-state index contributed by atoms with van der Waals surface area (Å²) in [5, 5.41) is 2.40. The van der Waals surface area contributed by atoms with Crippen LogP contribution < -0.4 is 0 Å². The molecule has 3 nitrogen and oxygen atoms in total. The highest BCUT2D eigenvalue weighted by atomic mass is 16.2. The Morgan fingerprint density at radius 1 is 1.12 bits per heavy atom. The molecule has 1 saturated heterocycles. The van der Waals surface area contributed by atoms with Crippen LogP contribution in [0, 0.1) is 0 Å². The molecular weight excluding hydrogens is 296 g/mol. The molecule has 0 N–H and O–H groups in total. The summed E-state index contributed by atoms with van der Waals surface area (Å²) < 4.78 is 0. The van der Waals surface area contributed by atoms with Crippen molar-refractivity contribution in [2.75, 3.05) is 20.1 Å². The van der Waals surface area contributed by atoms with Crippen LogP contribution in [-0.4, -0.2) is 47.9 Å². The van der Waals surface area contributed by atoms with Crippen molar-refractivity contribution < 1.29 is 4.79 Å². The van der Waals surface area contributed by atoms with Gasteiger partial charge in [0.1, 0.15) is 0 Å². The van der Waals surface area contributed by atoms with Crippen molar-refractivity contribution in [3.63, 3.8) is 0 Å². The summed E-state index contributed by atoms with van der Waals surface area (Å²) in [5.74, 6) is 0.231. The molecule has 1 aliphatic rings. The van der Waals surface area contributed by atoms with Crippen LogP contribution in [-0.2, 0) is 11.2 Å². The summed E-state index contributed by atoms with van der Waals surface area (Å²) in [6.07, 6.45) is 2.65. The Bertz CT molecular complexity index is 697. The standard InChI is InChI=1S/C21H28N2O/c1-16(2)23-13-11-19(12-14-23)22(3)21(24)15-18-9-6-8-17-7-4-5-10-20(17)18/h4-10,16,19H,11-15H2,1-3H3. The second kappa shape index (κ2) is 7.35. The van der Waals surface area contributed by atoms with Crippen molar-refractivity contribution in [3.05, 3.63) is 48.0 Å². The van der Waals surface area contributed by atoms with Crippen LogP contribution in [0.15, 0.2) is 42.5 Å². The molecule has 1 aliphatic heterocycles. The largest absolute Gasteiger partial charge is 0.342 e. The predicted molar refractivity (Wildman–Crippen MR) is 100 cm³/mol. The van der Waals surface area contributed by atoms with Crippen LogP contribution in [0.4, 0.5) is 0 Å². The number of amides is 1. The molecule has 0 aromatic heterocycles. The van der Waals surface area contributed by atoms with Gasteiger partial charge in [0, 0.05) is 32.2 Å². The third kappa shape index (κ3) is 3.62. The van der Waals surface area contributed by atoms with Gasteiger partial charge < -0.3 is 9.80 Å². The molecular formula is C21H28N2O. The number of hydrogen-bond donors (Lipinski definition) is 0. The van der Waals surface area contributed by atoms with E-state index in [9.17, 15) is 4.79 Å². The zero-order chi connectivity index (χ0) is 17.1. The van der Waals surface area contributed by atoms with Gasteiger partial charge >= 0.3 is 0 Å². The van der Waals surface area contributed by atoms with Gasteiger partial charge in [-0.05, 0) is 43.0 Å². The van der Waals surface area contributed by atoms with E-state index in [4.69, 9.17) is 0 Å². The zero-order valence-corrected chi connectivity index (χ0v) is 15.0. The molecule has 128 valence electrons. The number of piperidine rings is 1. The Kier molecular flexibility index (Phi) is 5.20. The van der Waals surface area contributed by atoms with Crippen LogP contribution in [0.25, 0.3) is 10.8 Å². The maximum Gasteiger partial charge on any atom is 0.227 e. The Morgan fingerprint density at radius 2 is 1.79 bits per heavy atom. The minimum absolute atomic E-state index is 0.231. The second-order valence-corrected chi connectivity index (χ2v) is 7.18. The first-order valence-electron chi connectivity index (χ1n) is 9.02. The Balaban J connectivity index is 1.66. The molecule has 0 radical (unpaired) electrons. The van der Waals surface area contributed by atoms with Gasteiger partial charge in [-0.2, -0.15) is 0 Å². The fourth-order valence-electron chi connectivity index (χ4n) is 3.73. The smallest absolute Gasteiger partial charge is 0.227 e. The number of likely N-dealkylation sites (tertiary alicyclic amines) is 1. The van der Waals surface area contributed by atoms with Gasteiger partial charge in [0.15, 0.2) is 0 Å². The van der Waals surface area contributed by atoms with Gasteiger partial charge in [0.25, 0.3) is 0 Å². The zero-order valence-electron chi connectivity index (χ0n) is 15.0. The molecule has 1 heterocycles. The maximum atomic E-state index is 12.8. The highest BCUT2D eigenvalue weighted by Crippen LogP contribution is 2.21. The van der Waals surface area contributed by atoms with E-state index >= 15 is 0 Å². The average Bonchev–Trinajstić information content (AvgIpc) is 2.61. The second-order valence-electron chi connectivity index (χ2n) is 7.18.